The highest BCUT2D eigenvalue weighted by Crippen LogP contribution is 2.22. The number of nitrogens with two attached hydrogens (primary N) is 1. The van der Waals surface area contributed by atoms with Crippen LogP contribution in [0.2, 0.25) is 0 Å². The summed E-state index contributed by atoms with van der Waals surface area (Å²) >= 11 is 0. The molecule has 1 aliphatic rings. The molecule has 1 aliphatic heterocycles. The van der Waals surface area contributed by atoms with E-state index in [1.54, 1.807) is 0 Å². The van der Waals surface area contributed by atoms with Crippen LogP contribution in [0.4, 0.5) is 0 Å². The van der Waals surface area contributed by atoms with Crippen LogP contribution in [-0.4, -0.2) is 24.5 Å². The predicted octanol–water partition coefficient (Wildman–Crippen LogP) is 1.38. The van der Waals surface area contributed by atoms with Crippen LogP contribution < -0.4 is 5.73 Å². The van der Waals surface area contributed by atoms with Crippen molar-refractivity contribution in [2.75, 3.05) is 6.54 Å². The number of hydrogen-bond donors (Lipinski definition) is 1. The van der Waals surface area contributed by atoms with E-state index in [0.29, 0.717) is 6.54 Å². The molecule has 2 atom stereocenters. The number of ketones is 1. The van der Waals surface area contributed by atoms with Crippen molar-refractivity contribution in [3.8, 4) is 0 Å². The van der Waals surface area contributed by atoms with Crippen LogP contribution in [0.25, 0.3) is 0 Å². The van der Waals surface area contributed by atoms with Crippen LogP contribution >= 0.6 is 0 Å². The summed E-state index contributed by atoms with van der Waals surface area (Å²) in [6, 6.07) is 9.27. The maximum Gasteiger partial charge on any atom is 0.191 e. The molecule has 0 amide bonds. The highest BCUT2D eigenvalue weighted by Gasteiger charge is 2.30. The first-order valence-electron chi connectivity index (χ1n) is 5.26. The molecular formula is C12H15NO2. The van der Waals surface area contributed by atoms with Gasteiger partial charge < -0.3 is 10.5 Å². The molecule has 1 heterocycles. The monoisotopic (exact) mass is 205 g/mol. The SMILES string of the molecule is NCC1CCC(C(=O)c2ccccc2)O1. The van der Waals surface area contributed by atoms with Gasteiger partial charge in [-0.2, -0.15) is 0 Å². The van der Waals surface area contributed by atoms with Gasteiger partial charge in [-0.25, -0.2) is 0 Å². The molecule has 1 aromatic rings. The molecule has 0 radical (unpaired) electrons. The van der Waals surface area contributed by atoms with Crippen LogP contribution in [0.5, 0.6) is 0 Å². The average Bonchev–Trinajstić information content (AvgIpc) is 2.78. The summed E-state index contributed by atoms with van der Waals surface area (Å²) in [7, 11) is 0. The van der Waals surface area contributed by atoms with Gasteiger partial charge in [-0.1, -0.05) is 30.3 Å². The average molecular weight is 205 g/mol. The van der Waals surface area contributed by atoms with Crippen molar-refractivity contribution in [3.63, 3.8) is 0 Å². The molecule has 0 aromatic heterocycles. The molecule has 0 bridgehead atoms. The lowest BCUT2D eigenvalue weighted by Crippen LogP contribution is -2.25. The Kier molecular flexibility index (Phi) is 3.14. The number of carbonyl (C=O) groups is 1. The fourth-order valence-corrected chi connectivity index (χ4v) is 1.86. The Hall–Kier alpha value is -1.19. The Morgan fingerprint density at radius 1 is 1.33 bits per heavy atom. The molecule has 0 aliphatic carbocycles. The van der Waals surface area contributed by atoms with Gasteiger partial charge in [0.2, 0.25) is 0 Å². The first-order chi connectivity index (χ1) is 7.31. The van der Waals surface area contributed by atoms with E-state index in [0.717, 1.165) is 18.4 Å². The zero-order valence-electron chi connectivity index (χ0n) is 8.56. The van der Waals surface area contributed by atoms with Crippen LogP contribution in [0, 0.1) is 0 Å². The van der Waals surface area contributed by atoms with Crippen LogP contribution in [0.1, 0.15) is 23.2 Å². The van der Waals surface area contributed by atoms with Gasteiger partial charge in [-0.15, -0.1) is 0 Å². The minimum Gasteiger partial charge on any atom is -0.366 e. The normalized spacial score (nSPS) is 25.4. The maximum atomic E-state index is 11.9. The van der Waals surface area contributed by atoms with Crippen molar-refractivity contribution in [1.82, 2.24) is 0 Å². The minimum atomic E-state index is -0.291. The van der Waals surface area contributed by atoms with E-state index in [1.807, 2.05) is 30.3 Å². The largest absolute Gasteiger partial charge is 0.366 e. The van der Waals surface area contributed by atoms with Crippen LogP contribution in [0.3, 0.4) is 0 Å². The van der Waals surface area contributed by atoms with Gasteiger partial charge in [0.15, 0.2) is 5.78 Å². The molecule has 2 rings (SSSR count). The molecule has 0 saturated carbocycles. The standard InChI is InChI=1S/C12H15NO2/c13-8-10-6-7-11(15-10)12(14)9-4-2-1-3-5-9/h1-5,10-11H,6-8,13H2. The molecule has 0 spiro atoms. The Morgan fingerprint density at radius 2 is 2.07 bits per heavy atom. The quantitative estimate of drug-likeness (QED) is 0.758. The van der Waals surface area contributed by atoms with Crippen molar-refractivity contribution >= 4 is 5.78 Å². The summed E-state index contributed by atoms with van der Waals surface area (Å²) in [4.78, 5) is 11.9. The number of ether oxygens (including phenoxy) is 1. The zero-order valence-corrected chi connectivity index (χ0v) is 8.56. The van der Waals surface area contributed by atoms with E-state index in [2.05, 4.69) is 0 Å². The Bertz CT molecular complexity index is 337. The summed E-state index contributed by atoms with van der Waals surface area (Å²) < 4.78 is 5.55. The minimum absolute atomic E-state index is 0.0580. The van der Waals surface area contributed by atoms with E-state index < -0.39 is 0 Å². The third kappa shape index (κ3) is 2.25. The van der Waals surface area contributed by atoms with Gasteiger partial charge in [0.25, 0.3) is 0 Å². The summed E-state index contributed by atoms with van der Waals surface area (Å²) in [6.45, 7) is 0.499. The molecule has 1 fully saturated rings. The third-order valence-electron chi connectivity index (χ3n) is 2.72. The first-order valence-corrected chi connectivity index (χ1v) is 5.26. The van der Waals surface area contributed by atoms with Crippen molar-refractivity contribution in [1.29, 1.82) is 0 Å². The van der Waals surface area contributed by atoms with E-state index in [9.17, 15) is 4.79 Å². The van der Waals surface area contributed by atoms with Gasteiger partial charge in [-0.3, -0.25) is 4.79 Å². The molecule has 3 heteroatoms. The van der Waals surface area contributed by atoms with Gasteiger partial charge >= 0.3 is 0 Å². The van der Waals surface area contributed by atoms with Crippen LogP contribution in [-0.2, 0) is 4.74 Å². The van der Waals surface area contributed by atoms with Crippen molar-refractivity contribution in [2.24, 2.45) is 5.73 Å². The lowest BCUT2D eigenvalue weighted by molar-refractivity contribution is 0.0404. The first kappa shape index (κ1) is 10.3. The second-order valence-electron chi connectivity index (χ2n) is 3.79. The molecule has 15 heavy (non-hydrogen) atoms. The molecule has 1 aromatic carbocycles. The molecule has 1 saturated heterocycles. The highest BCUT2D eigenvalue weighted by atomic mass is 16.5. The van der Waals surface area contributed by atoms with E-state index >= 15 is 0 Å². The lowest BCUT2D eigenvalue weighted by atomic mass is 10.0. The van der Waals surface area contributed by atoms with E-state index in [4.69, 9.17) is 10.5 Å². The van der Waals surface area contributed by atoms with E-state index in [-0.39, 0.29) is 18.0 Å². The summed E-state index contributed by atoms with van der Waals surface area (Å²) in [5.74, 6) is 0.0755. The molecule has 80 valence electrons. The second kappa shape index (κ2) is 4.55. The molecule has 3 nitrogen and oxygen atoms in total. The highest BCUT2D eigenvalue weighted by molar-refractivity contribution is 5.99. The second-order valence-corrected chi connectivity index (χ2v) is 3.79. The number of rotatable bonds is 3. The van der Waals surface area contributed by atoms with Crippen LogP contribution in [0.15, 0.2) is 30.3 Å². The van der Waals surface area contributed by atoms with Gasteiger partial charge in [0.1, 0.15) is 6.10 Å². The number of benzene rings is 1. The van der Waals surface area contributed by atoms with Crippen molar-refractivity contribution < 1.29 is 9.53 Å². The van der Waals surface area contributed by atoms with Gasteiger partial charge in [0.05, 0.1) is 6.10 Å². The lowest BCUT2D eigenvalue weighted by Gasteiger charge is -2.10. The molecule has 2 N–H and O–H groups in total. The summed E-state index contributed by atoms with van der Waals surface area (Å²) in [5, 5.41) is 0. The Balaban J connectivity index is 2.04. The smallest absolute Gasteiger partial charge is 0.191 e. The molecule has 2 unspecified atom stereocenters. The molecular weight excluding hydrogens is 190 g/mol. The van der Waals surface area contributed by atoms with Crippen molar-refractivity contribution in [3.05, 3.63) is 35.9 Å². The fraction of sp³-hybridized carbons (Fsp3) is 0.417. The Labute approximate surface area is 89.2 Å². The van der Waals surface area contributed by atoms with E-state index in [1.165, 1.54) is 0 Å². The van der Waals surface area contributed by atoms with Crippen molar-refractivity contribution in [2.45, 2.75) is 25.0 Å². The zero-order chi connectivity index (χ0) is 10.7. The topological polar surface area (TPSA) is 52.3 Å². The summed E-state index contributed by atoms with van der Waals surface area (Å²) in [5.41, 5.74) is 6.22. The number of carbonyl (C=O) groups excluding carboxylic acids is 1. The predicted molar refractivity (Wildman–Crippen MR) is 57.7 cm³/mol. The number of hydrogen-bond acceptors (Lipinski definition) is 3. The Morgan fingerprint density at radius 3 is 2.67 bits per heavy atom. The third-order valence-corrected chi connectivity index (χ3v) is 2.72. The van der Waals surface area contributed by atoms with Gasteiger partial charge in [0, 0.05) is 12.1 Å². The van der Waals surface area contributed by atoms with Gasteiger partial charge in [-0.05, 0) is 12.8 Å². The summed E-state index contributed by atoms with van der Waals surface area (Å²) in [6.07, 6.45) is 1.44. The maximum absolute atomic E-state index is 11.9. The fourth-order valence-electron chi connectivity index (χ4n) is 1.86. The number of Topliss-reactive ketones (excluding diaryl/α,β-unsaturated/α-hetero) is 1.